The first-order chi connectivity index (χ1) is 10.6. The van der Waals surface area contributed by atoms with Crippen LogP contribution in [0.1, 0.15) is 89.9 Å². The first-order valence-corrected chi connectivity index (χ1v) is 9.90. The van der Waals surface area contributed by atoms with Crippen LogP contribution in [0.4, 0.5) is 0 Å². The van der Waals surface area contributed by atoms with E-state index in [9.17, 15) is 0 Å². The number of hydrogen-bond donors (Lipinski definition) is 3. The third-order valence-electron chi connectivity index (χ3n) is 6.10. The van der Waals surface area contributed by atoms with Crippen LogP contribution in [0.3, 0.4) is 0 Å². The van der Waals surface area contributed by atoms with E-state index in [2.05, 4.69) is 0 Å². The van der Waals surface area contributed by atoms with Gasteiger partial charge in [0, 0.05) is 18.1 Å². The quantitative estimate of drug-likeness (QED) is 0.728. The van der Waals surface area contributed by atoms with E-state index in [1.165, 1.54) is 89.9 Å². The molecule has 3 fully saturated rings. The number of nitrogens with two attached hydrogens (primary N) is 3. The van der Waals surface area contributed by atoms with Gasteiger partial charge < -0.3 is 17.2 Å². The molecule has 6 N–H and O–H groups in total. The van der Waals surface area contributed by atoms with Crippen LogP contribution in [0, 0.1) is 11.8 Å². The topological polar surface area (TPSA) is 78.1 Å². The minimum Gasteiger partial charge on any atom is -0.328 e. The molecule has 0 heterocycles. The van der Waals surface area contributed by atoms with Gasteiger partial charge in [0.15, 0.2) is 0 Å². The molecule has 0 aromatic heterocycles. The third kappa shape index (κ3) is 6.97. The molecule has 0 amide bonds. The van der Waals surface area contributed by atoms with Gasteiger partial charge >= 0.3 is 0 Å². The summed E-state index contributed by atoms with van der Waals surface area (Å²) >= 11 is 0. The Morgan fingerprint density at radius 2 is 0.818 bits per heavy atom. The summed E-state index contributed by atoms with van der Waals surface area (Å²) in [6.45, 7) is 0. The molecule has 0 saturated heterocycles. The van der Waals surface area contributed by atoms with Crippen LogP contribution < -0.4 is 17.2 Å². The zero-order valence-electron chi connectivity index (χ0n) is 14.5. The molecule has 0 radical (unpaired) electrons. The summed E-state index contributed by atoms with van der Waals surface area (Å²) in [6.07, 6.45) is 18.7. The average molecular weight is 310 g/mol. The Bertz CT molecular complexity index is 252. The number of hydrogen-bond acceptors (Lipinski definition) is 3. The second-order valence-corrected chi connectivity index (χ2v) is 8.20. The molecule has 0 aliphatic heterocycles. The molecule has 3 aliphatic rings. The zero-order chi connectivity index (χ0) is 15.8. The molecule has 3 aliphatic carbocycles. The molecule has 0 spiro atoms. The molecule has 0 aromatic carbocycles. The van der Waals surface area contributed by atoms with Crippen LogP contribution in [0.5, 0.6) is 0 Å². The standard InChI is InChI=1S/C13H26N2.C6H13N/c14-12-5-1-10(2-6-12)9-11-3-7-13(15)8-4-11;7-6-4-2-1-3-5-6/h10-13H,1-9,14-15H2;6H,1-5,7H2. The minimum absolute atomic E-state index is 0.501. The van der Waals surface area contributed by atoms with Crippen molar-refractivity contribution in [2.75, 3.05) is 0 Å². The molecular formula is C19H39N3. The van der Waals surface area contributed by atoms with Crippen LogP contribution in [-0.4, -0.2) is 18.1 Å². The van der Waals surface area contributed by atoms with E-state index in [1.807, 2.05) is 0 Å². The molecule has 3 rings (SSSR count). The average Bonchev–Trinajstić information content (AvgIpc) is 2.53. The predicted octanol–water partition coefficient (Wildman–Crippen LogP) is 3.69. The summed E-state index contributed by atoms with van der Waals surface area (Å²) < 4.78 is 0. The van der Waals surface area contributed by atoms with Crippen LogP contribution in [0.25, 0.3) is 0 Å². The zero-order valence-corrected chi connectivity index (χ0v) is 14.5. The maximum Gasteiger partial charge on any atom is 0.00390 e. The van der Waals surface area contributed by atoms with E-state index in [0.29, 0.717) is 18.1 Å². The molecule has 0 bridgehead atoms. The lowest BCUT2D eigenvalue weighted by Gasteiger charge is -2.32. The fourth-order valence-corrected chi connectivity index (χ4v) is 4.45. The fourth-order valence-electron chi connectivity index (χ4n) is 4.45. The lowest BCUT2D eigenvalue weighted by atomic mass is 9.76. The number of rotatable bonds is 2. The van der Waals surface area contributed by atoms with Gasteiger partial charge in [-0.25, -0.2) is 0 Å². The van der Waals surface area contributed by atoms with E-state index in [4.69, 9.17) is 17.2 Å². The van der Waals surface area contributed by atoms with E-state index in [-0.39, 0.29) is 0 Å². The van der Waals surface area contributed by atoms with Crippen molar-refractivity contribution in [2.45, 2.75) is 108 Å². The van der Waals surface area contributed by atoms with Gasteiger partial charge in [-0.3, -0.25) is 0 Å². The molecule has 130 valence electrons. The molecule has 3 heteroatoms. The van der Waals surface area contributed by atoms with Crippen molar-refractivity contribution in [1.29, 1.82) is 0 Å². The highest BCUT2D eigenvalue weighted by atomic mass is 14.6. The molecule has 3 nitrogen and oxygen atoms in total. The van der Waals surface area contributed by atoms with Gasteiger partial charge in [0.05, 0.1) is 0 Å². The van der Waals surface area contributed by atoms with Crippen LogP contribution in [0.15, 0.2) is 0 Å². The van der Waals surface area contributed by atoms with Gasteiger partial charge in [0.1, 0.15) is 0 Å². The lowest BCUT2D eigenvalue weighted by Crippen LogP contribution is -2.30. The fraction of sp³-hybridized carbons (Fsp3) is 1.00. The van der Waals surface area contributed by atoms with E-state index < -0.39 is 0 Å². The van der Waals surface area contributed by atoms with Crippen molar-refractivity contribution in [1.82, 2.24) is 0 Å². The van der Waals surface area contributed by atoms with E-state index in [0.717, 1.165) is 11.8 Å². The van der Waals surface area contributed by atoms with E-state index >= 15 is 0 Å². The first kappa shape index (κ1) is 18.2. The maximum atomic E-state index is 5.93. The summed E-state index contributed by atoms with van der Waals surface area (Å²) in [5.74, 6) is 1.95. The Morgan fingerprint density at radius 1 is 0.455 bits per heavy atom. The van der Waals surface area contributed by atoms with Gasteiger partial charge in [-0.2, -0.15) is 0 Å². The monoisotopic (exact) mass is 309 g/mol. The van der Waals surface area contributed by atoms with Gasteiger partial charge in [-0.1, -0.05) is 19.3 Å². The predicted molar refractivity (Wildman–Crippen MR) is 95.5 cm³/mol. The first-order valence-electron chi connectivity index (χ1n) is 9.90. The van der Waals surface area contributed by atoms with Crippen LogP contribution >= 0.6 is 0 Å². The summed E-state index contributed by atoms with van der Waals surface area (Å²) in [4.78, 5) is 0. The van der Waals surface area contributed by atoms with Crippen molar-refractivity contribution in [3.05, 3.63) is 0 Å². The lowest BCUT2D eigenvalue weighted by molar-refractivity contribution is 0.225. The molecule has 0 atom stereocenters. The van der Waals surface area contributed by atoms with Gasteiger partial charge in [0.25, 0.3) is 0 Å². The van der Waals surface area contributed by atoms with Crippen molar-refractivity contribution in [2.24, 2.45) is 29.0 Å². The second-order valence-electron chi connectivity index (χ2n) is 8.20. The molecule has 0 unspecified atom stereocenters. The van der Waals surface area contributed by atoms with Gasteiger partial charge in [0.2, 0.25) is 0 Å². The largest absolute Gasteiger partial charge is 0.328 e. The molecule has 3 saturated carbocycles. The molecule has 0 aromatic rings. The Balaban J connectivity index is 0.000000211. The summed E-state index contributed by atoms with van der Waals surface area (Å²) in [5.41, 5.74) is 17.5. The van der Waals surface area contributed by atoms with Crippen molar-refractivity contribution < 1.29 is 0 Å². The van der Waals surface area contributed by atoms with Gasteiger partial charge in [-0.05, 0) is 82.5 Å². The minimum atomic E-state index is 0.501. The van der Waals surface area contributed by atoms with Crippen molar-refractivity contribution in [3.63, 3.8) is 0 Å². The second kappa shape index (κ2) is 9.89. The van der Waals surface area contributed by atoms with E-state index in [1.54, 1.807) is 0 Å². The molecule has 22 heavy (non-hydrogen) atoms. The summed E-state index contributed by atoms with van der Waals surface area (Å²) in [6, 6.07) is 1.54. The summed E-state index contributed by atoms with van der Waals surface area (Å²) in [7, 11) is 0. The highest BCUT2D eigenvalue weighted by Crippen LogP contribution is 2.34. The molecular weight excluding hydrogens is 270 g/mol. The van der Waals surface area contributed by atoms with Crippen LogP contribution in [-0.2, 0) is 0 Å². The van der Waals surface area contributed by atoms with Crippen molar-refractivity contribution in [3.8, 4) is 0 Å². The normalized spacial score (nSPS) is 37.2. The van der Waals surface area contributed by atoms with Gasteiger partial charge in [-0.15, -0.1) is 0 Å². The highest BCUT2D eigenvalue weighted by Gasteiger charge is 2.24. The third-order valence-corrected chi connectivity index (χ3v) is 6.10. The summed E-state index contributed by atoms with van der Waals surface area (Å²) in [5, 5.41) is 0. The van der Waals surface area contributed by atoms with Crippen molar-refractivity contribution >= 4 is 0 Å². The maximum absolute atomic E-state index is 5.93. The van der Waals surface area contributed by atoms with Crippen LogP contribution in [0.2, 0.25) is 0 Å². The SMILES string of the molecule is NC1CCC(CC2CCC(N)CC2)CC1.NC1CCCCC1. The highest BCUT2D eigenvalue weighted by molar-refractivity contribution is 4.80. The Hall–Kier alpha value is -0.120. The Kier molecular flexibility index (Phi) is 8.19. The Labute approximate surface area is 137 Å². The Morgan fingerprint density at radius 3 is 1.14 bits per heavy atom. The smallest absolute Gasteiger partial charge is 0.00390 e.